The third kappa shape index (κ3) is 2.41. The highest BCUT2D eigenvalue weighted by Crippen LogP contribution is 2.25. The second-order valence-electron chi connectivity index (χ2n) is 4.81. The van der Waals surface area contributed by atoms with E-state index in [2.05, 4.69) is 20.0 Å². The topological polar surface area (TPSA) is 86.9 Å². The van der Waals surface area contributed by atoms with Gasteiger partial charge in [0.2, 0.25) is 10.0 Å². The molecule has 6 nitrogen and oxygen atoms in total. The first kappa shape index (κ1) is 13.1. The molecule has 0 amide bonds. The van der Waals surface area contributed by atoms with Crippen LogP contribution in [0.25, 0.3) is 0 Å². The van der Waals surface area contributed by atoms with Crippen molar-refractivity contribution in [1.82, 2.24) is 14.7 Å². The Labute approximate surface area is 117 Å². The Hall–Kier alpha value is -1.86. The molecule has 7 heteroatoms. The zero-order valence-corrected chi connectivity index (χ0v) is 11.9. The largest absolute Gasteiger partial charge is 0.384 e. The number of rotatable bonds is 4. The van der Waals surface area contributed by atoms with E-state index in [4.69, 9.17) is 0 Å². The summed E-state index contributed by atoms with van der Waals surface area (Å²) in [7, 11) is -3.56. The van der Waals surface area contributed by atoms with E-state index in [1.807, 2.05) is 6.07 Å². The molecule has 0 fully saturated rings. The summed E-state index contributed by atoms with van der Waals surface area (Å²) in [5.41, 5.74) is 2.06. The zero-order chi connectivity index (χ0) is 14.2. The summed E-state index contributed by atoms with van der Waals surface area (Å²) in [6.45, 7) is 2.61. The van der Waals surface area contributed by atoms with Gasteiger partial charge in [0.15, 0.2) is 0 Å². The van der Waals surface area contributed by atoms with Crippen LogP contribution in [0.3, 0.4) is 0 Å². The van der Waals surface area contributed by atoms with E-state index >= 15 is 0 Å². The quantitative estimate of drug-likeness (QED) is 0.795. The van der Waals surface area contributed by atoms with Crippen molar-refractivity contribution in [3.63, 3.8) is 0 Å². The van der Waals surface area contributed by atoms with E-state index in [-0.39, 0.29) is 4.90 Å². The molecule has 2 aromatic rings. The Bertz CT molecular complexity index is 710. The van der Waals surface area contributed by atoms with Crippen LogP contribution in [0.15, 0.2) is 35.5 Å². The number of nitrogens with zero attached hydrogens (tertiary/aromatic N) is 1. The molecule has 1 aromatic carbocycles. The van der Waals surface area contributed by atoms with Crippen LogP contribution in [-0.2, 0) is 16.4 Å². The fourth-order valence-electron chi connectivity index (χ4n) is 2.31. The normalized spacial score (nSPS) is 15.7. The van der Waals surface area contributed by atoms with Gasteiger partial charge in [0, 0.05) is 24.6 Å². The van der Waals surface area contributed by atoms with Crippen LogP contribution in [0.5, 0.6) is 0 Å². The predicted octanol–water partition coefficient (Wildman–Crippen LogP) is 1.42. The van der Waals surface area contributed by atoms with Crippen molar-refractivity contribution < 1.29 is 8.42 Å². The molecule has 1 atom stereocenters. The van der Waals surface area contributed by atoms with Gasteiger partial charge in [-0.15, -0.1) is 0 Å². The number of benzene rings is 1. The second kappa shape index (κ2) is 4.92. The highest BCUT2D eigenvalue weighted by molar-refractivity contribution is 7.89. The number of hydrogen-bond acceptors (Lipinski definition) is 4. The number of aromatic amines is 1. The Morgan fingerprint density at radius 2 is 2.25 bits per heavy atom. The zero-order valence-electron chi connectivity index (χ0n) is 11.1. The smallest absolute Gasteiger partial charge is 0.241 e. The molecule has 3 rings (SSSR count). The fraction of sp³-hybridized carbons (Fsp3) is 0.308. The molecule has 2 heterocycles. The molecule has 0 aliphatic carbocycles. The predicted molar refractivity (Wildman–Crippen MR) is 76.0 cm³/mol. The average Bonchev–Trinajstić information content (AvgIpc) is 3.08. The van der Waals surface area contributed by atoms with Crippen molar-refractivity contribution in [2.45, 2.75) is 24.3 Å². The lowest BCUT2D eigenvalue weighted by molar-refractivity contribution is 0.561. The van der Waals surface area contributed by atoms with Crippen LogP contribution in [0.4, 0.5) is 5.69 Å². The van der Waals surface area contributed by atoms with Crippen LogP contribution in [-0.4, -0.2) is 24.9 Å². The fourth-order valence-corrected chi connectivity index (χ4v) is 3.54. The van der Waals surface area contributed by atoms with Gasteiger partial charge in [-0.2, -0.15) is 0 Å². The molecule has 3 N–H and O–H groups in total. The van der Waals surface area contributed by atoms with Crippen LogP contribution in [0.2, 0.25) is 0 Å². The summed E-state index contributed by atoms with van der Waals surface area (Å²) in [5.74, 6) is 0.591. The van der Waals surface area contributed by atoms with Gasteiger partial charge < -0.3 is 10.3 Å². The molecule has 1 aliphatic heterocycles. The first-order chi connectivity index (χ1) is 9.56. The molecule has 106 valence electrons. The third-order valence-electron chi connectivity index (χ3n) is 3.36. The Morgan fingerprint density at radius 3 is 3.00 bits per heavy atom. The molecule has 0 spiro atoms. The Morgan fingerprint density at radius 1 is 1.40 bits per heavy atom. The van der Waals surface area contributed by atoms with Gasteiger partial charge in [-0.3, -0.25) is 0 Å². The maximum atomic E-state index is 12.4. The molecule has 1 aromatic heterocycles. The van der Waals surface area contributed by atoms with Gasteiger partial charge in [0.25, 0.3) is 0 Å². The molecule has 1 unspecified atom stereocenters. The van der Waals surface area contributed by atoms with Crippen molar-refractivity contribution in [2.75, 3.05) is 11.9 Å². The number of anilines is 1. The van der Waals surface area contributed by atoms with Crippen LogP contribution in [0, 0.1) is 0 Å². The van der Waals surface area contributed by atoms with Crippen molar-refractivity contribution in [3.05, 3.63) is 42.0 Å². The Balaban J connectivity index is 1.85. The van der Waals surface area contributed by atoms with Gasteiger partial charge in [-0.25, -0.2) is 18.1 Å². The van der Waals surface area contributed by atoms with E-state index in [1.165, 1.54) is 0 Å². The minimum absolute atomic E-state index is 0.268. The van der Waals surface area contributed by atoms with E-state index in [9.17, 15) is 8.42 Å². The number of H-pyrrole nitrogens is 1. The molecular weight excluding hydrogens is 276 g/mol. The monoisotopic (exact) mass is 292 g/mol. The summed E-state index contributed by atoms with van der Waals surface area (Å²) >= 11 is 0. The minimum Gasteiger partial charge on any atom is -0.384 e. The summed E-state index contributed by atoms with van der Waals surface area (Å²) in [6, 6.07) is 4.78. The van der Waals surface area contributed by atoms with Crippen LogP contribution in [0.1, 0.15) is 24.4 Å². The maximum absolute atomic E-state index is 12.4. The van der Waals surface area contributed by atoms with Gasteiger partial charge >= 0.3 is 0 Å². The van der Waals surface area contributed by atoms with E-state index < -0.39 is 16.1 Å². The van der Waals surface area contributed by atoms with Crippen molar-refractivity contribution in [1.29, 1.82) is 0 Å². The SMILES string of the molecule is CC(NS(=O)(=O)c1ccc2c(c1)NCC2)c1ncc[nH]1. The molecular formula is C13H16N4O2S. The molecule has 1 aliphatic rings. The first-order valence-corrected chi connectivity index (χ1v) is 7.93. The summed E-state index contributed by atoms with van der Waals surface area (Å²) in [5, 5.41) is 3.18. The van der Waals surface area contributed by atoms with Gasteiger partial charge in [0.1, 0.15) is 5.82 Å². The third-order valence-corrected chi connectivity index (χ3v) is 4.90. The van der Waals surface area contributed by atoms with E-state index in [0.29, 0.717) is 5.82 Å². The van der Waals surface area contributed by atoms with Crippen molar-refractivity contribution in [3.8, 4) is 0 Å². The molecule has 0 saturated carbocycles. The number of imidazole rings is 1. The van der Waals surface area contributed by atoms with E-state index in [0.717, 1.165) is 24.2 Å². The minimum atomic E-state index is -3.56. The van der Waals surface area contributed by atoms with Crippen LogP contribution < -0.4 is 10.0 Å². The summed E-state index contributed by atoms with van der Waals surface area (Å²) in [4.78, 5) is 7.23. The number of sulfonamides is 1. The number of fused-ring (bicyclic) bond motifs is 1. The van der Waals surface area contributed by atoms with E-state index in [1.54, 1.807) is 31.5 Å². The van der Waals surface area contributed by atoms with Crippen molar-refractivity contribution >= 4 is 15.7 Å². The summed E-state index contributed by atoms with van der Waals surface area (Å²) in [6.07, 6.45) is 4.20. The van der Waals surface area contributed by atoms with Crippen LogP contribution >= 0.6 is 0 Å². The maximum Gasteiger partial charge on any atom is 0.241 e. The lowest BCUT2D eigenvalue weighted by Crippen LogP contribution is -2.27. The first-order valence-electron chi connectivity index (χ1n) is 6.45. The number of aromatic nitrogens is 2. The van der Waals surface area contributed by atoms with Gasteiger partial charge in [-0.05, 0) is 31.0 Å². The standard InChI is InChI=1S/C13H16N4O2S/c1-9(13-15-6-7-16-13)17-20(18,19)11-3-2-10-4-5-14-12(10)8-11/h2-3,6-9,14,17H,4-5H2,1H3,(H,15,16). The van der Waals surface area contributed by atoms with Gasteiger partial charge in [-0.1, -0.05) is 6.07 Å². The average molecular weight is 292 g/mol. The molecule has 0 bridgehead atoms. The van der Waals surface area contributed by atoms with Crippen molar-refractivity contribution in [2.24, 2.45) is 0 Å². The Kier molecular flexibility index (Phi) is 3.23. The lowest BCUT2D eigenvalue weighted by atomic mass is 10.2. The highest BCUT2D eigenvalue weighted by atomic mass is 32.2. The van der Waals surface area contributed by atoms with Gasteiger partial charge in [0.05, 0.1) is 10.9 Å². The molecule has 20 heavy (non-hydrogen) atoms. The lowest BCUT2D eigenvalue weighted by Gasteiger charge is -2.13. The number of nitrogens with one attached hydrogen (secondary N) is 3. The molecule has 0 saturated heterocycles. The molecule has 0 radical (unpaired) electrons. The second-order valence-corrected chi connectivity index (χ2v) is 6.53. The highest BCUT2D eigenvalue weighted by Gasteiger charge is 2.21. The number of hydrogen-bond donors (Lipinski definition) is 3. The summed E-state index contributed by atoms with van der Waals surface area (Å²) < 4.78 is 27.3.